The molecule has 1 unspecified atom stereocenters. The third-order valence-electron chi connectivity index (χ3n) is 3.53. The summed E-state index contributed by atoms with van der Waals surface area (Å²) in [6.07, 6.45) is 0. The molecule has 2 aromatic heterocycles. The van der Waals surface area contributed by atoms with Crippen LogP contribution < -0.4 is 5.32 Å². The second kappa shape index (κ2) is 6.77. The third kappa shape index (κ3) is 4.99. The molecule has 0 aliphatic heterocycles. The minimum Gasteiger partial charge on any atom is -0.463 e. The fourth-order valence-electron chi connectivity index (χ4n) is 2.08. The van der Waals surface area contributed by atoms with E-state index in [0.717, 1.165) is 24.6 Å². The van der Waals surface area contributed by atoms with E-state index in [4.69, 9.17) is 4.42 Å². The maximum atomic E-state index is 5.92. The number of nitrogens with one attached hydrogen (secondary N) is 1. The Hall–Kier alpha value is -1.10. The van der Waals surface area contributed by atoms with Gasteiger partial charge in [-0.2, -0.15) is 0 Å². The van der Waals surface area contributed by atoms with Crippen molar-refractivity contribution in [3.63, 3.8) is 0 Å². The molecular formula is C17H26N2OS. The Morgan fingerprint density at radius 3 is 2.57 bits per heavy atom. The predicted octanol–water partition coefficient (Wildman–Crippen LogP) is 4.42. The fourth-order valence-corrected chi connectivity index (χ4v) is 2.93. The van der Waals surface area contributed by atoms with Crippen LogP contribution in [-0.4, -0.2) is 17.5 Å². The lowest BCUT2D eigenvalue weighted by atomic mass is 10.1. The van der Waals surface area contributed by atoms with Gasteiger partial charge in [0, 0.05) is 16.5 Å². The van der Waals surface area contributed by atoms with Gasteiger partial charge in [0.25, 0.3) is 0 Å². The molecule has 0 amide bonds. The van der Waals surface area contributed by atoms with Crippen molar-refractivity contribution in [3.8, 4) is 0 Å². The average molecular weight is 306 g/mol. The Balaban J connectivity index is 1.90. The summed E-state index contributed by atoms with van der Waals surface area (Å²) in [4.78, 5) is 3.70. The standard InChI is InChI=1S/C17H26N2OS/c1-13(16-7-6-10-21-16)19(5)12-15-9-8-14(20-15)11-18-17(2,3)4/h6-10,13,18H,11-12H2,1-5H3. The lowest BCUT2D eigenvalue weighted by molar-refractivity contribution is 0.232. The largest absolute Gasteiger partial charge is 0.463 e. The van der Waals surface area contributed by atoms with Crippen molar-refractivity contribution in [2.45, 2.75) is 52.4 Å². The molecule has 2 heterocycles. The quantitative estimate of drug-likeness (QED) is 0.856. The van der Waals surface area contributed by atoms with Gasteiger partial charge in [0.15, 0.2) is 0 Å². The van der Waals surface area contributed by atoms with Crippen molar-refractivity contribution in [1.82, 2.24) is 10.2 Å². The van der Waals surface area contributed by atoms with E-state index in [-0.39, 0.29) is 5.54 Å². The molecule has 4 heteroatoms. The molecule has 0 aromatic carbocycles. The summed E-state index contributed by atoms with van der Waals surface area (Å²) in [6, 6.07) is 8.85. The Labute approximate surface area is 132 Å². The summed E-state index contributed by atoms with van der Waals surface area (Å²) in [6.45, 7) is 10.3. The first-order chi connectivity index (χ1) is 9.85. The Morgan fingerprint density at radius 1 is 1.24 bits per heavy atom. The molecule has 0 spiro atoms. The number of furan rings is 1. The molecule has 3 nitrogen and oxygen atoms in total. The highest BCUT2D eigenvalue weighted by molar-refractivity contribution is 7.10. The van der Waals surface area contributed by atoms with Crippen LogP contribution in [0.15, 0.2) is 34.1 Å². The van der Waals surface area contributed by atoms with Gasteiger partial charge in [-0.1, -0.05) is 6.07 Å². The molecule has 0 saturated heterocycles. The second-order valence-corrected chi connectivity index (χ2v) is 7.56. The van der Waals surface area contributed by atoms with Crippen LogP contribution >= 0.6 is 11.3 Å². The maximum absolute atomic E-state index is 5.92. The number of rotatable bonds is 6. The highest BCUT2D eigenvalue weighted by Gasteiger charge is 2.15. The minimum atomic E-state index is 0.109. The normalized spacial score (nSPS) is 13.8. The molecule has 0 aliphatic carbocycles. The highest BCUT2D eigenvalue weighted by atomic mass is 32.1. The molecule has 1 atom stereocenters. The zero-order valence-corrected chi connectivity index (χ0v) is 14.5. The van der Waals surface area contributed by atoms with E-state index < -0.39 is 0 Å². The number of thiophene rings is 1. The Kier molecular flexibility index (Phi) is 5.25. The molecule has 0 aliphatic rings. The first kappa shape index (κ1) is 16.3. The van der Waals surface area contributed by atoms with Crippen LogP contribution in [0.2, 0.25) is 0 Å². The highest BCUT2D eigenvalue weighted by Crippen LogP contribution is 2.25. The fraction of sp³-hybridized carbons (Fsp3) is 0.529. The van der Waals surface area contributed by atoms with Crippen molar-refractivity contribution in [2.24, 2.45) is 0 Å². The molecule has 2 aromatic rings. The van der Waals surface area contributed by atoms with Gasteiger partial charge in [-0.05, 0) is 58.3 Å². The Bertz CT molecular complexity index is 539. The summed E-state index contributed by atoms with van der Waals surface area (Å²) >= 11 is 1.80. The van der Waals surface area contributed by atoms with Crippen molar-refractivity contribution in [3.05, 3.63) is 46.0 Å². The van der Waals surface area contributed by atoms with Gasteiger partial charge in [-0.3, -0.25) is 4.90 Å². The van der Waals surface area contributed by atoms with Crippen LogP contribution in [-0.2, 0) is 13.1 Å². The lowest BCUT2D eigenvalue weighted by Crippen LogP contribution is -2.34. The molecule has 0 bridgehead atoms. The van der Waals surface area contributed by atoms with E-state index in [1.165, 1.54) is 4.88 Å². The van der Waals surface area contributed by atoms with E-state index in [1.54, 1.807) is 11.3 Å². The van der Waals surface area contributed by atoms with E-state index in [1.807, 2.05) is 0 Å². The molecule has 21 heavy (non-hydrogen) atoms. The molecular weight excluding hydrogens is 280 g/mol. The van der Waals surface area contributed by atoms with E-state index >= 15 is 0 Å². The van der Waals surface area contributed by atoms with Crippen molar-refractivity contribution < 1.29 is 4.42 Å². The second-order valence-electron chi connectivity index (χ2n) is 6.58. The van der Waals surface area contributed by atoms with Crippen LogP contribution in [0, 0.1) is 0 Å². The van der Waals surface area contributed by atoms with Gasteiger partial charge < -0.3 is 9.73 Å². The van der Waals surface area contributed by atoms with Crippen molar-refractivity contribution >= 4 is 11.3 Å². The van der Waals surface area contributed by atoms with Gasteiger partial charge in [-0.25, -0.2) is 0 Å². The van der Waals surface area contributed by atoms with Gasteiger partial charge in [-0.15, -0.1) is 11.3 Å². The molecule has 116 valence electrons. The summed E-state index contributed by atoms with van der Waals surface area (Å²) in [5, 5.41) is 5.57. The van der Waals surface area contributed by atoms with Crippen LogP contribution in [0.3, 0.4) is 0 Å². The van der Waals surface area contributed by atoms with Crippen LogP contribution in [0.4, 0.5) is 0 Å². The summed E-state index contributed by atoms with van der Waals surface area (Å²) in [7, 11) is 2.14. The summed E-state index contributed by atoms with van der Waals surface area (Å²) in [5.41, 5.74) is 0.109. The van der Waals surface area contributed by atoms with Crippen LogP contribution in [0.5, 0.6) is 0 Å². The molecule has 0 radical (unpaired) electrons. The summed E-state index contributed by atoms with van der Waals surface area (Å²) in [5.74, 6) is 2.02. The van der Waals surface area contributed by atoms with Crippen LogP contribution in [0.1, 0.15) is 50.1 Å². The molecule has 2 rings (SSSR count). The predicted molar refractivity (Wildman–Crippen MR) is 89.5 cm³/mol. The van der Waals surface area contributed by atoms with E-state index in [2.05, 4.69) is 74.6 Å². The topological polar surface area (TPSA) is 28.4 Å². The van der Waals surface area contributed by atoms with Gasteiger partial charge in [0.2, 0.25) is 0 Å². The number of nitrogens with zero attached hydrogens (tertiary/aromatic N) is 1. The average Bonchev–Trinajstić information content (AvgIpc) is 3.06. The first-order valence-corrected chi connectivity index (χ1v) is 8.29. The zero-order valence-electron chi connectivity index (χ0n) is 13.6. The zero-order chi connectivity index (χ0) is 15.5. The lowest BCUT2D eigenvalue weighted by Gasteiger charge is -2.22. The van der Waals surface area contributed by atoms with Crippen LogP contribution in [0.25, 0.3) is 0 Å². The Morgan fingerprint density at radius 2 is 1.95 bits per heavy atom. The smallest absolute Gasteiger partial charge is 0.118 e. The molecule has 0 saturated carbocycles. The van der Waals surface area contributed by atoms with Gasteiger partial charge in [0.1, 0.15) is 11.5 Å². The molecule has 1 N–H and O–H groups in total. The first-order valence-electron chi connectivity index (χ1n) is 7.41. The monoisotopic (exact) mass is 306 g/mol. The van der Waals surface area contributed by atoms with Crippen molar-refractivity contribution in [2.75, 3.05) is 7.05 Å². The third-order valence-corrected chi connectivity index (χ3v) is 4.57. The van der Waals surface area contributed by atoms with Crippen molar-refractivity contribution in [1.29, 1.82) is 0 Å². The van der Waals surface area contributed by atoms with Gasteiger partial charge in [0.05, 0.1) is 13.1 Å². The minimum absolute atomic E-state index is 0.109. The maximum Gasteiger partial charge on any atom is 0.118 e. The molecule has 0 fully saturated rings. The van der Waals surface area contributed by atoms with Gasteiger partial charge >= 0.3 is 0 Å². The number of hydrogen-bond acceptors (Lipinski definition) is 4. The number of hydrogen-bond donors (Lipinski definition) is 1. The SMILES string of the molecule is CC(c1cccs1)N(C)Cc1ccc(CNC(C)(C)C)o1. The van der Waals surface area contributed by atoms with E-state index in [9.17, 15) is 0 Å². The summed E-state index contributed by atoms with van der Waals surface area (Å²) < 4.78 is 5.92. The van der Waals surface area contributed by atoms with E-state index in [0.29, 0.717) is 6.04 Å².